The molecular formula is C8H13N3. The highest BCUT2D eigenvalue weighted by Crippen LogP contribution is 2.12. The van der Waals surface area contributed by atoms with Gasteiger partial charge < -0.3 is 11.5 Å². The topological polar surface area (TPSA) is 64.9 Å². The Kier molecular flexibility index (Phi) is 2.10. The second-order valence-electron chi connectivity index (χ2n) is 2.64. The Morgan fingerprint density at radius 3 is 2.64 bits per heavy atom. The van der Waals surface area contributed by atoms with Gasteiger partial charge in [0.15, 0.2) is 0 Å². The third-order valence-electron chi connectivity index (χ3n) is 1.77. The Balaban J connectivity index is 3.21. The second kappa shape index (κ2) is 2.88. The van der Waals surface area contributed by atoms with Gasteiger partial charge in [-0.3, -0.25) is 0 Å². The van der Waals surface area contributed by atoms with Crippen LogP contribution in [0.1, 0.15) is 16.8 Å². The van der Waals surface area contributed by atoms with E-state index in [4.69, 9.17) is 11.5 Å². The van der Waals surface area contributed by atoms with E-state index >= 15 is 0 Å². The zero-order valence-electron chi connectivity index (χ0n) is 6.89. The summed E-state index contributed by atoms with van der Waals surface area (Å²) in [5.41, 5.74) is 14.1. The molecule has 0 unspecified atom stereocenters. The van der Waals surface area contributed by atoms with Crippen LogP contribution in [0.4, 0.5) is 5.82 Å². The molecular weight excluding hydrogens is 138 g/mol. The number of hydrogen-bond donors (Lipinski definition) is 2. The molecule has 4 N–H and O–H groups in total. The Labute approximate surface area is 66.4 Å². The number of nitrogen functional groups attached to an aromatic ring is 1. The van der Waals surface area contributed by atoms with E-state index in [1.54, 1.807) is 0 Å². The van der Waals surface area contributed by atoms with E-state index in [1.165, 1.54) is 0 Å². The van der Waals surface area contributed by atoms with Crippen molar-refractivity contribution in [3.05, 3.63) is 22.9 Å². The van der Waals surface area contributed by atoms with Crippen LogP contribution in [0.5, 0.6) is 0 Å². The summed E-state index contributed by atoms with van der Waals surface area (Å²) in [5.74, 6) is 0.597. The Hall–Kier alpha value is -1.09. The first-order chi connectivity index (χ1) is 5.15. The molecule has 0 fully saturated rings. The molecule has 0 atom stereocenters. The van der Waals surface area contributed by atoms with Crippen LogP contribution in [0.25, 0.3) is 0 Å². The van der Waals surface area contributed by atoms with E-state index in [9.17, 15) is 0 Å². The van der Waals surface area contributed by atoms with E-state index in [2.05, 4.69) is 4.98 Å². The van der Waals surface area contributed by atoms with E-state index in [1.807, 2.05) is 19.9 Å². The first kappa shape index (κ1) is 8.01. The number of rotatable bonds is 1. The number of aryl methyl sites for hydroxylation is 2. The molecule has 1 aromatic heterocycles. The van der Waals surface area contributed by atoms with Gasteiger partial charge in [-0.25, -0.2) is 4.98 Å². The van der Waals surface area contributed by atoms with Crippen molar-refractivity contribution in [1.29, 1.82) is 0 Å². The number of aromatic nitrogens is 1. The molecule has 0 saturated heterocycles. The highest BCUT2D eigenvalue weighted by Gasteiger charge is 2.00. The maximum atomic E-state index is 5.59. The van der Waals surface area contributed by atoms with Gasteiger partial charge >= 0.3 is 0 Å². The van der Waals surface area contributed by atoms with Crippen molar-refractivity contribution in [1.82, 2.24) is 4.98 Å². The lowest BCUT2D eigenvalue weighted by molar-refractivity contribution is 1.00. The van der Waals surface area contributed by atoms with E-state index in [0.717, 1.165) is 16.8 Å². The van der Waals surface area contributed by atoms with Gasteiger partial charge in [0.1, 0.15) is 5.82 Å². The van der Waals surface area contributed by atoms with Gasteiger partial charge in [-0.2, -0.15) is 0 Å². The van der Waals surface area contributed by atoms with Gasteiger partial charge in [-0.05, 0) is 31.0 Å². The Morgan fingerprint density at radius 2 is 2.09 bits per heavy atom. The first-order valence-electron chi connectivity index (χ1n) is 3.58. The predicted molar refractivity (Wildman–Crippen MR) is 46.0 cm³/mol. The molecule has 1 heterocycles. The van der Waals surface area contributed by atoms with Crippen LogP contribution in [0, 0.1) is 13.8 Å². The van der Waals surface area contributed by atoms with Crippen molar-refractivity contribution in [3.63, 3.8) is 0 Å². The summed E-state index contributed by atoms with van der Waals surface area (Å²) in [6, 6.07) is 1.98. The van der Waals surface area contributed by atoms with Gasteiger partial charge in [0, 0.05) is 12.2 Å². The van der Waals surface area contributed by atoms with Crippen molar-refractivity contribution in [2.75, 3.05) is 5.73 Å². The molecule has 0 aromatic carbocycles. The van der Waals surface area contributed by atoms with Gasteiger partial charge in [-0.1, -0.05) is 0 Å². The summed E-state index contributed by atoms with van der Waals surface area (Å²) >= 11 is 0. The fourth-order valence-electron chi connectivity index (χ4n) is 0.987. The van der Waals surface area contributed by atoms with Crippen LogP contribution >= 0.6 is 0 Å². The van der Waals surface area contributed by atoms with Crippen molar-refractivity contribution in [2.45, 2.75) is 20.4 Å². The van der Waals surface area contributed by atoms with E-state index in [-0.39, 0.29) is 0 Å². The molecule has 0 saturated carbocycles. The molecule has 1 aromatic rings. The molecule has 0 aliphatic heterocycles. The minimum absolute atomic E-state index is 0.528. The van der Waals surface area contributed by atoms with Gasteiger partial charge in [0.25, 0.3) is 0 Å². The molecule has 3 nitrogen and oxygen atoms in total. The molecule has 0 aliphatic rings. The summed E-state index contributed by atoms with van der Waals surface area (Å²) in [4.78, 5) is 4.14. The molecule has 0 spiro atoms. The average molecular weight is 151 g/mol. The van der Waals surface area contributed by atoms with E-state index in [0.29, 0.717) is 12.4 Å². The summed E-state index contributed by atoms with van der Waals surface area (Å²) in [6.45, 7) is 4.37. The van der Waals surface area contributed by atoms with Gasteiger partial charge in [0.05, 0.1) is 0 Å². The highest BCUT2D eigenvalue weighted by molar-refractivity contribution is 5.42. The fourth-order valence-corrected chi connectivity index (χ4v) is 0.987. The fraction of sp³-hybridized carbons (Fsp3) is 0.375. The quantitative estimate of drug-likeness (QED) is 0.622. The molecule has 1 rings (SSSR count). The van der Waals surface area contributed by atoms with Crippen molar-refractivity contribution < 1.29 is 0 Å². The summed E-state index contributed by atoms with van der Waals surface area (Å²) in [7, 11) is 0. The van der Waals surface area contributed by atoms with E-state index < -0.39 is 0 Å². The van der Waals surface area contributed by atoms with Crippen LogP contribution in [0.3, 0.4) is 0 Å². The summed E-state index contributed by atoms with van der Waals surface area (Å²) in [6.07, 6.45) is 0. The van der Waals surface area contributed by atoms with Crippen LogP contribution in [-0.4, -0.2) is 4.98 Å². The highest BCUT2D eigenvalue weighted by atomic mass is 14.8. The van der Waals surface area contributed by atoms with Crippen molar-refractivity contribution in [2.24, 2.45) is 5.73 Å². The molecule has 0 aliphatic carbocycles. The maximum absolute atomic E-state index is 5.59. The zero-order chi connectivity index (χ0) is 8.43. The molecule has 60 valence electrons. The lowest BCUT2D eigenvalue weighted by atomic mass is 10.1. The lowest BCUT2D eigenvalue weighted by Gasteiger charge is -2.05. The van der Waals surface area contributed by atoms with Crippen molar-refractivity contribution >= 4 is 5.82 Å². The van der Waals surface area contributed by atoms with Crippen LogP contribution in [0.15, 0.2) is 6.07 Å². The second-order valence-corrected chi connectivity index (χ2v) is 2.64. The lowest BCUT2D eigenvalue weighted by Crippen LogP contribution is -2.04. The normalized spacial score (nSPS) is 10.1. The smallest absolute Gasteiger partial charge is 0.126 e. The first-order valence-corrected chi connectivity index (χ1v) is 3.58. The molecule has 0 radical (unpaired) electrons. The molecule has 0 bridgehead atoms. The van der Waals surface area contributed by atoms with Gasteiger partial charge in [-0.15, -0.1) is 0 Å². The Bertz CT molecular complexity index is 268. The number of nitrogens with zero attached hydrogens (tertiary/aromatic N) is 1. The van der Waals surface area contributed by atoms with Crippen LogP contribution in [0.2, 0.25) is 0 Å². The maximum Gasteiger partial charge on any atom is 0.126 e. The number of pyridine rings is 1. The SMILES string of the molecule is Cc1cc(CN)c(C)nc1N. The number of hydrogen-bond acceptors (Lipinski definition) is 3. The Morgan fingerprint density at radius 1 is 1.45 bits per heavy atom. The summed E-state index contributed by atoms with van der Waals surface area (Å²) < 4.78 is 0. The standard InChI is InChI=1S/C8H13N3/c1-5-3-7(4-9)6(2)11-8(5)10/h3H,4,9H2,1-2H3,(H2,10,11). The number of anilines is 1. The van der Waals surface area contributed by atoms with Crippen LogP contribution < -0.4 is 11.5 Å². The molecule has 3 heteroatoms. The largest absolute Gasteiger partial charge is 0.383 e. The van der Waals surface area contributed by atoms with Gasteiger partial charge in [0.2, 0.25) is 0 Å². The monoisotopic (exact) mass is 151 g/mol. The molecule has 11 heavy (non-hydrogen) atoms. The van der Waals surface area contributed by atoms with Crippen LogP contribution in [-0.2, 0) is 6.54 Å². The average Bonchev–Trinajstić information content (AvgIpc) is 1.97. The van der Waals surface area contributed by atoms with Crippen molar-refractivity contribution in [3.8, 4) is 0 Å². The third kappa shape index (κ3) is 1.49. The molecule has 0 amide bonds. The number of nitrogens with two attached hydrogens (primary N) is 2. The minimum atomic E-state index is 0.528. The summed E-state index contributed by atoms with van der Waals surface area (Å²) in [5, 5.41) is 0. The third-order valence-corrected chi connectivity index (χ3v) is 1.77. The minimum Gasteiger partial charge on any atom is -0.383 e. The predicted octanol–water partition coefficient (Wildman–Crippen LogP) is 0.739. The zero-order valence-corrected chi connectivity index (χ0v) is 6.89.